The number of ether oxygens (including phenoxy) is 2. The fourth-order valence-corrected chi connectivity index (χ4v) is 2.59. The molecule has 2 N–H and O–H groups in total. The molecule has 1 atom stereocenters. The van der Waals surface area contributed by atoms with Crippen LogP contribution in [-0.4, -0.2) is 23.5 Å². The molecule has 7 heteroatoms. The van der Waals surface area contributed by atoms with E-state index in [-0.39, 0.29) is 16.8 Å². The molecule has 0 radical (unpaired) electrons. The highest BCUT2D eigenvalue weighted by Crippen LogP contribution is 2.35. The third kappa shape index (κ3) is 1.96. The highest BCUT2D eigenvalue weighted by molar-refractivity contribution is 6.33. The number of nitrogens with zero attached hydrogens (tertiary/aromatic N) is 2. The maximum Gasteiger partial charge on any atom is 0.150 e. The van der Waals surface area contributed by atoms with E-state index in [4.69, 9.17) is 26.8 Å². The Balaban J connectivity index is 2.20. The normalized spacial score (nSPS) is 17.9. The fourth-order valence-electron chi connectivity index (χ4n) is 2.28. The maximum absolute atomic E-state index is 14.1. The average Bonchev–Trinajstić information content (AvgIpc) is 2.85. The lowest BCUT2D eigenvalue weighted by molar-refractivity contribution is 0.0884. The number of aromatic nitrogens is 2. The van der Waals surface area contributed by atoms with Gasteiger partial charge in [0.25, 0.3) is 0 Å². The molecule has 0 saturated heterocycles. The van der Waals surface area contributed by atoms with E-state index in [1.54, 1.807) is 6.20 Å². The Morgan fingerprint density at radius 2 is 2.35 bits per heavy atom. The van der Waals surface area contributed by atoms with Gasteiger partial charge < -0.3 is 15.2 Å². The van der Waals surface area contributed by atoms with Gasteiger partial charge in [0.2, 0.25) is 0 Å². The minimum atomic E-state index is -0.485. The minimum Gasteiger partial charge on any atom is -0.495 e. The summed E-state index contributed by atoms with van der Waals surface area (Å²) in [7, 11) is 1.47. The van der Waals surface area contributed by atoms with Gasteiger partial charge in [0.1, 0.15) is 16.5 Å². The van der Waals surface area contributed by atoms with E-state index in [9.17, 15) is 4.39 Å². The Hall–Kier alpha value is -1.63. The quantitative estimate of drug-likeness (QED) is 0.923. The standard InChI is InChI=1S/C13H13ClFN3O2/c1-19-11-3-2-8(15)13(12(11)14)18-10-6-20-5-9(16)7(10)4-17-18/h2-4,9H,5-6,16H2,1H3/t9-/m1/s1. The molecule has 20 heavy (non-hydrogen) atoms. The second kappa shape index (κ2) is 5.05. The molecule has 0 unspecified atom stereocenters. The van der Waals surface area contributed by atoms with Crippen LogP contribution in [0.4, 0.5) is 4.39 Å². The number of fused-ring (bicyclic) bond motifs is 1. The van der Waals surface area contributed by atoms with Crippen molar-refractivity contribution in [3.05, 3.63) is 40.4 Å². The molecule has 1 aliphatic heterocycles. The van der Waals surface area contributed by atoms with Crippen molar-refractivity contribution in [2.24, 2.45) is 5.73 Å². The molecule has 0 spiro atoms. The van der Waals surface area contributed by atoms with Crippen LogP contribution in [0, 0.1) is 5.82 Å². The number of hydrogen-bond acceptors (Lipinski definition) is 4. The second-order valence-corrected chi connectivity index (χ2v) is 4.87. The Kier molecular flexibility index (Phi) is 3.37. The van der Waals surface area contributed by atoms with Crippen LogP contribution in [0.15, 0.2) is 18.3 Å². The first kappa shape index (κ1) is 13.4. The average molecular weight is 298 g/mol. The number of hydrogen-bond donors (Lipinski definition) is 1. The van der Waals surface area contributed by atoms with Crippen LogP contribution in [0.3, 0.4) is 0 Å². The largest absolute Gasteiger partial charge is 0.495 e. The van der Waals surface area contributed by atoms with Crippen LogP contribution < -0.4 is 10.5 Å². The van der Waals surface area contributed by atoms with Gasteiger partial charge >= 0.3 is 0 Å². The number of halogens is 2. The van der Waals surface area contributed by atoms with E-state index in [0.29, 0.717) is 24.7 Å². The molecule has 0 fully saturated rings. The molecule has 0 aliphatic carbocycles. The summed E-state index contributed by atoms with van der Waals surface area (Å²) in [6.45, 7) is 0.739. The van der Waals surface area contributed by atoms with Crippen molar-refractivity contribution in [1.82, 2.24) is 9.78 Å². The van der Waals surface area contributed by atoms with Crippen LogP contribution in [0.1, 0.15) is 17.3 Å². The van der Waals surface area contributed by atoms with Crippen LogP contribution in [-0.2, 0) is 11.3 Å². The fraction of sp³-hybridized carbons (Fsp3) is 0.308. The third-order valence-electron chi connectivity index (χ3n) is 3.30. The van der Waals surface area contributed by atoms with Gasteiger partial charge in [-0.15, -0.1) is 0 Å². The Bertz CT molecular complexity index is 659. The van der Waals surface area contributed by atoms with E-state index in [2.05, 4.69) is 5.10 Å². The predicted molar refractivity (Wildman–Crippen MR) is 71.7 cm³/mol. The predicted octanol–water partition coefficient (Wildman–Crippen LogP) is 2.20. The first-order chi connectivity index (χ1) is 9.63. The molecule has 5 nitrogen and oxygen atoms in total. The summed E-state index contributed by atoms with van der Waals surface area (Å²) < 4.78 is 26.0. The molecular weight excluding hydrogens is 285 g/mol. The highest BCUT2D eigenvalue weighted by atomic mass is 35.5. The zero-order chi connectivity index (χ0) is 14.3. The Morgan fingerprint density at radius 1 is 1.55 bits per heavy atom. The number of rotatable bonds is 2. The summed E-state index contributed by atoms with van der Waals surface area (Å²) in [6, 6.07) is 2.50. The lowest BCUT2D eigenvalue weighted by Crippen LogP contribution is -2.24. The van der Waals surface area contributed by atoms with E-state index in [0.717, 1.165) is 5.56 Å². The van der Waals surface area contributed by atoms with Crippen LogP contribution in [0.5, 0.6) is 5.75 Å². The van der Waals surface area contributed by atoms with Crippen LogP contribution in [0.25, 0.3) is 5.69 Å². The molecule has 1 aliphatic rings. The minimum absolute atomic E-state index is 0.143. The summed E-state index contributed by atoms with van der Waals surface area (Å²) in [5, 5.41) is 4.36. The van der Waals surface area contributed by atoms with Crippen LogP contribution >= 0.6 is 11.6 Å². The zero-order valence-electron chi connectivity index (χ0n) is 10.8. The van der Waals surface area contributed by atoms with Gasteiger partial charge in [-0.1, -0.05) is 11.6 Å². The molecule has 2 heterocycles. The lowest BCUT2D eigenvalue weighted by atomic mass is 10.1. The summed E-state index contributed by atoms with van der Waals surface area (Å²) in [4.78, 5) is 0. The molecule has 0 saturated carbocycles. The molecular formula is C13H13ClFN3O2. The SMILES string of the molecule is COc1ccc(F)c(-n2ncc3c2COC[C@H]3N)c1Cl. The molecule has 1 aromatic heterocycles. The molecule has 2 aromatic rings. The number of methoxy groups -OCH3 is 1. The number of nitrogens with two attached hydrogens (primary N) is 1. The van der Waals surface area contributed by atoms with Crippen molar-refractivity contribution in [2.75, 3.05) is 13.7 Å². The summed E-state index contributed by atoms with van der Waals surface area (Å²) in [6.07, 6.45) is 1.62. The topological polar surface area (TPSA) is 62.3 Å². The summed E-state index contributed by atoms with van der Waals surface area (Å²) >= 11 is 6.19. The van der Waals surface area contributed by atoms with Gasteiger partial charge in [-0.25, -0.2) is 9.07 Å². The van der Waals surface area contributed by atoms with Crippen molar-refractivity contribution < 1.29 is 13.9 Å². The van der Waals surface area contributed by atoms with Crippen LogP contribution in [0.2, 0.25) is 5.02 Å². The van der Waals surface area contributed by atoms with E-state index < -0.39 is 5.82 Å². The first-order valence-electron chi connectivity index (χ1n) is 6.06. The van der Waals surface area contributed by atoms with Crippen molar-refractivity contribution in [2.45, 2.75) is 12.6 Å². The first-order valence-corrected chi connectivity index (χ1v) is 6.43. The molecule has 106 valence electrons. The van der Waals surface area contributed by atoms with Gasteiger partial charge in [0, 0.05) is 5.56 Å². The van der Waals surface area contributed by atoms with Gasteiger partial charge in [0.05, 0.1) is 38.3 Å². The summed E-state index contributed by atoms with van der Waals surface area (Å²) in [5.41, 5.74) is 7.63. The maximum atomic E-state index is 14.1. The van der Waals surface area contributed by atoms with Gasteiger partial charge in [0.15, 0.2) is 5.82 Å². The molecule has 0 bridgehead atoms. The zero-order valence-corrected chi connectivity index (χ0v) is 11.5. The van der Waals surface area contributed by atoms with Crippen molar-refractivity contribution in [1.29, 1.82) is 0 Å². The lowest BCUT2D eigenvalue weighted by Gasteiger charge is -2.20. The smallest absolute Gasteiger partial charge is 0.150 e. The van der Waals surface area contributed by atoms with Gasteiger partial charge in [-0.05, 0) is 12.1 Å². The van der Waals surface area contributed by atoms with Crippen molar-refractivity contribution in [3.63, 3.8) is 0 Å². The monoisotopic (exact) mass is 297 g/mol. The van der Waals surface area contributed by atoms with Crippen molar-refractivity contribution in [3.8, 4) is 11.4 Å². The second-order valence-electron chi connectivity index (χ2n) is 4.49. The van der Waals surface area contributed by atoms with Crippen molar-refractivity contribution >= 4 is 11.6 Å². The molecule has 0 amide bonds. The van der Waals surface area contributed by atoms with E-state index in [1.807, 2.05) is 0 Å². The Morgan fingerprint density at radius 3 is 3.10 bits per heavy atom. The van der Waals surface area contributed by atoms with Gasteiger partial charge in [-0.3, -0.25) is 0 Å². The molecule has 3 rings (SSSR count). The summed E-state index contributed by atoms with van der Waals surface area (Å²) in [5.74, 6) is -0.103. The van der Waals surface area contributed by atoms with Gasteiger partial charge in [-0.2, -0.15) is 5.10 Å². The highest BCUT2D eigenvalue weighted by Gasteiger charge is 2.25. The van der Waals surface area contributed by atoms with E-state index in [1.165, 1.54) is 23.9 Å². The third-order valence-corrected chi connectivity index (χ3v) is 3.67. The number of benzene rings is 1. The van der Waals surface area contributed by atoms with E-state index >= 15 is 0 Å². The Labute approximate surface area is 120 Å². The molecule has 1 aromatic carbocycles.